The van der Waals surface area contributed by atoms with Gasteiger partial charge in [0, 0.05) is 12.5 Å². The average Bonchev–Trinajstić information content (AvgIpc) is 2.37. The summed E-state index contributed by atoms with van der Waals surface area (Å²) in [5, 5.41) is 5.70. The fourth-order valence-corrected chi connectivity index (χ4v) is 2.73. The Morgan fingerprint density at radius 3 is 2.58 bits per heavy atom. The third-order valence-electron chi connectivity index (χ3n) is 4.02. The van der Waals surface area contributed by atoms with E-state index in [1.54, 1.807) is 7.11 Å². The smallest absolute Gasteiger partial charge is 0.246 e. The molecule has 2 aliphatic heterocycles. The summed E-state index contributed by atoms with van der Waals surface area (Å²) in [6.45, 7) is 0.609. The number of carbonyl (C=O) groups is 2. The first kappa shape index (κ1) is 12.2. The highest BCUT2D eigenvalue weighted by Gasteiger charge is 2.57. The number of ether oxygens (including phenoxy) is 1. The second-order valence-corrected chi connectivity index (χ2v) is 5.21. The average molecular weight is 260 g/mol. The lowest BCUT2D eigenvalue weighted by molar-refractivity contribution is -0.152. The van der Waals surface area contributed by atoms with Gasteiger partial charge in [0.25, 0.3) is 0 Å². The number of imide groups is 1. The lowest BCUT2D eigenvalue weighted by atomic mass is 9.64. The van der Waals surface area contributed by atoms with E-state index in [4.69, 9.17) is 4.74 Å². The summed E-state index contributed by atoms with van der Waals surface area (Å²) in [6.07, 6.45) is 1.24. The molecule has 19 heavy (non-hydrogen) atoms. The van der Waals surface area contributed by atoms with Crippen LogP contribution in [0.3, 0.4) is 0 Å². The normalized spacial score (nSPS) is 28.6. The Hall–Kier alpha value is -1.88. The van der Waals surface area contributed by atoms with Crippen LogP contribution in [0.5, 0.6) is 5.75 Å². The van der Waals surface area contributed by atoms with Crippen molar-refractivity contribution in [2.45, 2.75) is 24.9 Å². The SMILES string of the molecule is COc1ccc(CNC23CC(C2)C(=O)NC3=O)cc1. The third-order valence-corrected chi connectivity index (χ3v) is 4.02. The molecule has 2 saturated heterocycles. The lowest BCUT2D eigenvalue weighted by Crippen LogP contribution is -2.72. The van der Waals surface area contributed by atoms with Crippen LogP contribution in [0.1, 0.15) is 18.4 Å². The summed E-state index contributed by atoms with van der Waals surface area (Å²) in [7, 11) is 1.63. The number of rotatable bonds is 4. The van der Waals surface area contributed by atoms with Crippen LogP contribution in [-0.4, -0.2) is 24.5 Å². The number of hydrogen-bond donors (Lipinski definition) is 2. The van der Waals surface area contributed by atoms with E-state index in [1.165, 1.54) is 0 Å². The summed E-state index contributed by atoms with van der Waals surface area (Å²) in [6, 6.07) is 7.71. The van der Waals surface area contributed by atoms with E-state index >= 15 is 0 Å². The van der Waals surface area contributed by atoms with E-state index in [-0.39, 0.29) is 17.7 Å². The Balaban J connectivity index is 1.63. The summed E-state index contributed by atoms with van der Waals surface area (Å²) < 4.78 is 5.10. The van der Waals surface area contributed by atoms with Gasteiger partial charge in [-0.2, -0.15) is 0 Å². The Morgan fingerprint density at radius 1 is 1.32 bits per heavy atom. The van der Waals surface area contributed by atoms with E-state index < -0.39 is 5.54 Å². The van der Waals surface area contributed by atoms with Gasteiger partial charge in [-0.05, 0) is 30.5 Å². The number of methoxy groups -OCH3 is 1. The predicted molar refractivity (Wildman–Crippen MR) is 68.4 cm³/mol. The molecule has 2 N–H and O–H groups in total. The van der Waals surface area contributed by atoms with Gasteiger partial charge in [0.05, 0.1) is 7.11 Å². The number of fused-ring (bicyclic) bond motifs is 2. The summed E-state index contributed by atoms with van der Waals surface area (Å²) in [4.78, 5) is 23.2. The Labute approximate surface area is 111 Å². The molecule has 5 heteroatoms. The van der Waals surface area contributed by atoms with Gasteiger partial charge in [-0.1, -0.05) is 12.1 Å². The van der Waals surface area contributed by atoms with Crippen LogP contribution >= 0.6 is 0 Å². The second-order valence-electron chi connectivity index (χ2n) is 5.21. The van der Waals surface area contributed by atoms with Gasteiger partial charge in [0.1, 0.15) is 11.3 Å². The first-order chi connectivity index (χ1) is 9.13. The monoisotopic (exact) mass is 260 g/mol. The molecule has 0 spiro atoms. The van der Waals surface area contributed by atoms with Crippen LogP contribution < -0.4 is 15.4 Å². The largest absolute Gasteiger partial charge is 0.497 e. The van der Waals surface area contributed by atoms with Crippen LogP contribution in [0.15, 0.2) is 24.3 Å². The standard InChI is InChI=1S/C14H16N2O3/c1-19-11-4-2-9(3-5-11)8-15-14-6-10(7-14)12(17)16-13(14)18/h2-5,10,15H,6-8H2,1H3,(H,16,17,18). The number of nitrogens with one attached hydrogen (secondary N) is 2. The van der Waals surface area contributed by atoms with Crippen molar-refractivity contribution in [3.05, 3.63) is 29.8 Å². The molecule has 2 amide bonds. The van der Waals surface area contributed by atoms with Crippen molar-refractivity contribution in [3.63, 3.8) is 0 Å². The summed E-state index contributed by atoms with van der Waals surface area (Å²) in [5.74, 6) is 0.499. The van der Waals surface area contributed by atoms with E-state index in [1.807, 2.05) is 24.3 Å². The molecular weight excluding hydrogens is 244 g/mol. The van der Waals surface area contributed by atoms with Crippen molar-refractivity contribution in [3.8, 4) is 5.75 Å². The van der Waals surface area contributed by atoms with Gasteiger partial charge in [0.15, 0.2) is 0 Å². The van der Waals surface area contributed by atoms with Crippen LogP contribution in [0, 0.1) is 5.92 Å². The summed E-state index contributed by atoms with van der Waals surface area (Å²) in [5.41, 5.74) is 0.543. The molecule has 5 nitrogen and oxygen atoms in total. The molecule has 1 aromatic rings. The maximum atomic E-state index is 11.9. The number of carbonyl (C=O) groups excluding carboxylic acids is 2. The fourth-order valence-electron chi connectivity index (χ4n) is 2.73. The first-order valence-corrected chi connectivity index (χ1v) is 6.36. The van der Waals surface area contributed by atoms with Gasteiger partial charge in [-0.3, -0.25) is 20.2 Å². The molecule has 1 aromatic carbocycles. The van der Waals surface area contributed by atoms with Crippen LogP contribution in [-0.2, 0) is 16.1 Å². The highest BCUT2D eigenvalue weighted by molar-refractivity contribution is 6.07. The molecule has 0 unspecified atom stereocenters. The molecule has 1 saturated carbocycles. The maximum Gasteiger partial charge on any atom is 0.246 e. The number of amides is 2. The van der Waals surface area contributed by atoms with Crippen molar-refractivity contribution in [1.29, 1.82) is 0 Å². The van der Waals surface area contributed by atoms with E-state index in [0.717, 1.165) is 11.3 Å². The molecule has 1 aliphatic carbocycles. The molecular formula is C14H16N2O3. The van der Waals surface area contributed by atoms with Crippen molar-refractivity contribution < 1.29 is 14.3 Å². The minimum Gasteiger partial charge on any atom is -0.497 e. The van der Waals surface area contributed by atoms with E-state index in [2.05, 4.69) is 10.6 Å². The second kappa shape index (κ2) is 4.35. The maximum absolute atomic E-state index is 11.9. The number of benzene rings is 1. The Kier molecular flexibility index (Phi) is 2.78. The topological polar surface area (TPSA) is 67.4 Å². The van der Waals surface area contributed by atoms with Gasteiger partial charge < -0.3 is 4.74 Å². The molecule has 0 aromatic heterocycles. The molecule has 2 heterocycles. The molecule has 0 radical (unpaired) electrons. The molecule has 4 rings (SSSR count). The zero-order chi connectivity index (χ0) is 13.5. The van der Waals surface area contributed by atoms with E-state index in [9.17, 15) is 9.59 Å². The number of hydrogen-bond acceptors (Lipinski definition) is 4. The molecule has 2 bridgehead atoms. The van der Waals surface area contributed by atoms with Gasteiger partial charge in [-0.25, -0.2) is 0 Å². The van der Waals surface area contributed by atoms with Crippen LogP contribution in [0.2, 0.25) is 0 Å². The van der Waals surface area contributed by atoms with Crippen molar-refractivity contribution in [1.82, 2.24) is 10.6 Å². The third kappa shape index (κ3) is 2.00. The Bertz CT molecular complexity index is 518. The first-order valence-electron chi connectivity index (χ1n) is 6.36. The number of piperidine rings is 2. The molecule has 3 fully saturated rings. The highest BCUT2D eigenvalue weighted by atomic mass is 16.5. The van der Waals surface area contributed by atoms with Crippen molar-refractivity contribution in [2.75, 3.05) is 7.11 Å². The Morgan fingerprint density at radius 2 is 2.00 bits per heavy atom. The van der Waals surface area contributed by atoms with E-state index in [0.29, 0.717) is 19.4 Å². The molecule has 3 aliphatic rings. The molecule has 100 valence electrons. The quantitative estimate of drug-likeness (QED) is 0.778. The van der Waals surface area contributed by atoms with Crippen LogP contribution in [0.4, 0.5) is 0 Å². The minimum absolute atomic E-state index is 0.000988. The van der Waals surface area contributed by atoms with Crippen molar-refractivity contribution in [2.24, 2.45) is 5.92 Å². The zero-order valence-electron chi connectivity index (χ0n) is 10.7. The van der Waals surface area contributed by atoms with Gasteiger partial charge >= 0.3 is 0 Å². The summed E-state index contributed by atoms with van der Waals surface area (Å²) >= 11 is 0. The van der Waals surface area contributed by atoms with Crippen molar-refractivity contribution >= 4 is 11.8 Å². The van der Waals surface area contributed by atoms with Gasteiger partial charge in [-0.15, -0.1) is 0 Å². The highest BCUT2D eigenvalue weighted by Crippen LogP contribution is 2.41. The van der Waals surface area contributed by atoms with Gasteiger partial charge in [0.2, 0.25) is 11.8 Å². The zero-order valence-corrected chi connectivity index (χ0v) is 10.7. The minimum atomic E-state index is -0.543. The van der Waals surface area contributed by atoms with Crippen LogP contribution in [0.25, 0.3) is 0 Å². The predicted octanol–water partition coefficient (Wildman–Crippen LogP) is 0.590. The fraction of sp³-hybridized carbons (Fsp3) is 0.429. The lowest BCUT2D eigenvalue weighted by Gasteiger charge is -2.50. The molecule has 0 atom stereocenters.